The first-order valence-corrected chi connectivity index (χ1v) is 8.80. The number of methoxy groups -OCH3 is 1. The van der Waals surface area contributed by atoms with E-state index in [1.165, 1.54) is 31.6 Å². The molecule has 1 aromatic carbocycles. The Bertz CT molecular complexity index is 921. The number of amidine groups is 1. The Kier molecular flexibility index (Phi) is 6.00. The van der Waals surface area contributed by atoms with E-state index in [-0.39, 0.29) is 43.0 Å². The van der Waals surface area contributed by atoms with Crippen LogP contribution >= 0.6 is 0 Å². The first kappa shape index (κ1) is 20.6. The summed E-state index contributed by atoms with van der Waals surface area (Å²) in [7, 11) is 1.41. The van der Waals surface area contributed by atoms with Gasteiger partial charge in [0.1, 0.15) is 11.5 Å². The van der Waals surface area contributed by atoms with Crippen molar-refractivity contribution in [2.24, 2.45) is 10.7 Å². The van der Waals surface area contributed by atoms with Crippen molar-refractivity contribution in [3.63, 3.8) is 0 Å². The highest BCUT2D eigenvalue weighted by atomic mass is 19.3. The minimum atomic E-state index is -3.02. The van der Waals surface area contributed by atoms with Crippen molar-refractivity contribution in [3.05, 3.63) is 53.2 Å². The number of hydrogen-bond acceptors (Lipinski definition) is 7. The number of benzene rings is 1. The van der Waals surface area contributed by atoms with Crippen LogP contribution in [0.4, 0.5) is 13.2 Å². The van der Waals surface area contributed by atoms with Gasteiger partial charge in [0.2, 0.25) is 5.88 Å². The molecular weight excluding hydrogens is 389 g/mol. The third-order valence-electron chi connectivity index (χ3n) is 4.61. The topological polar surface area (TPSA) is 99.7 Å². The quantitative estimate of drug-likeness (QED) is 0.738. The minimum Gasteiger partial charge on any atom is -0.480 e. The standard InChI is InChI=1S/C19H19F3N4O3/c1-28-16-10-24-14(9-25-16)15(27)8-11-3-4-13(20)12(7-11)19(17(21)22)5-2-6-29-18(23)26-19/h3-4,7,9-10,17H,2,5-6,8H2,1H3,(H2,23,26)/t19-/m0/s1. The molecule has 1 aromatic heterocycles. The van der Waals surface area contributed by atoms with Crippen LogP contribution in [0, 0.1) is 5.82 Å². The van der Waals surface area contributed by atoms with Crippen LogP contribution in [-0.4, -0.2) is 41.9 Å². The van der Waals surface area contributed by atoms with Gasteiger partial charge in [-0.3, -0.25) is 4.79 Å². The zero-order chi connectivity index (χ0) is 21.0. The van der Waals surface area contributed by atoms with Crippen molar-refractivity contribution in [2.75, 3.05) is 13.7 Å². The van der Waals surface area contributed by atoms with E-state index in [4.69, 9.17) is 15.2 Å². The molecule has 1 aliphatic rings. The van der Waals surface area contributed by atoms with E-state index >= 15 is 0 Å². The van der Waals surface area contributed by atoms with E-state index < -0.39 is 29.6 Å². The molecule has 1 atom stereocenters. The molecule has 0 saturated heterocycles. The van der Waals surface area contributed by atoms with Gasteiger partial charge >= 0.3 is 0 Å². The molecule has 0 aliphatic carbocycles. The monoisotopic (exact) mass is 408 g/mol. The summed E-state index contributed by atoms with van der Waals surface area (Å²) in [6.45, 7) is 0.111. The fourth-order valence-corrected chi connectivity index (χ4v) is 3.13. The summed E-state index contributed by atoms with van der Waals surface area (Å²) in [5.74, 6) is -1.02. The van der Waals surface area contributed by atoms with Crippen LogP contribution in [0.5, 0.6) is 5.88 Å². The molecule has 0 unspecified atom stereocenters. The number of alkyl halides is 2. The molecule has 10 heteroatoms. The van der Waals surface area contributed by atoms with Crippen LogP contribution in [0.25, 0.3) is 0 Å². The van der Waals surface area contributed by atoms with Gasteiger partial charge in [-0.25, -0.2) is 28.1 Å². The van der Waals surface area contributed by atoms with Gasteiger partial charge < -0.3 is 15.2 Å². The molecule has 7 nitrogen and oxygen atoms in total. The van der Waals surface area contributed by atoms with E-state index in [9.17, 15) is 18.0 Å². The predicted octanol–water partition coefficient (Wildman–Crippen LogP) is 2.64. The minimum absolute atomic E-state index is 0.0744. The molecule has 0 saturated carbocycles. The Morgan fingerprint density at radius 1 is 1.34 bits per heavy atom. The number of Topliss-reactive ketones (excluding diaryl/α,β-unsaturated/α-hetero) is 1. The highest BCUT2D eigenvalue weighted by molar-refractivity contribution is 5.95. The van der Waals surface area contributed by atoms with E-state index in [0.29, 0.717) is 5.56 Å². The van der Waals surface area contributed by atoms with E-state index in [0.717, 1.165) is 6.07 Å². The summed E-state index contributed by atoms with van der Waals surface area (Å²) < 4.78 is 52.6. The average molecular weight is 408 g/mol. The summed E-state index contributed by atoms with van der Waals surface area (Å²) in [6.07, 6.45) is -0.584. The zero-order valence-corrected chi connectivity index (χ0v) is 15.6. The Hall–Kier alpha value is -3.17. The number of hydrogen-bond donors (Lipinski definition) is 1. The number of nitrogens with two attached hydrogens (primary N) is 1. The summed E-state index contributed by atoms with van der Waals surface area (Å²) >= 11 is 0. The molecule has 0 radical (unpaired) electrons. The van der Waals surface area contributed by atoms with Crippen LogP contribution < -0.4 is 10.5 Å². The van der Waals surface area contributed by atoms with Crippen LogP contribution in [0.1, 0.15) is 34.5 Å². The van der Waals surface area contributed by atoms with Crippen molar-refractivity contribution in [1.82, 2.24) is 9.97 Å². The van der Waals surface area contributed by atoms with Gasteiger partial charge in [-0.15, -0.1) is 0 Å². The molecule has 3 rings (SSSR count). The third-order valence-corrected chi connectivity index (χ3v) is 4.61. The number of ether oxygens (including phenoxy) is 2. The molecular formula is C19H19F3N4O3. The molecule has 1 aliphatic heterocycles. The van der Waals surface area contributed by atoms with E-state index in [1.54, 1.807) is 0 Å². The Morgan fingerprint density at radius 3 is 2.79 bits per heavy atom. The van der Waals surface area contributed by atoms with Gasteiger partial charge in [-0.05, 0) is 30.5 Å². The van der Waals surface area contributed by atoms with Gasteiger partial charge in [-0.2, -0.15) is 0 Å². The lowest BCUT2D eigenvalue weighted by molar-refractivity contribution is 0.0459. The Labute approximate surface area is 164 Å². The number of carbonyl (C=O) groups excluding carboxylic acids is 1. The predicted molar refractivity (Wildman–Crippen MR) is 97.5 cm³/mol. The fourth-order valence-electron chi connectivity index (χ4n) is 3.13. The second-order valence-electron chi connectivity index (χ2n) is 6.49. The van der Waals surface area contributed by atoms with Crippen molar-refractivity contribution in [3.8, 4) is 5.88 Å². The molecule has 0 bridgehead atoms. The first-order chi connectivity index (χ1) is 13.9. The third kappa shape index (κ3) is 4.30. The molecule has 0 fully saturated rings. The number of halogens is 3. The van der Waals surface area contributed by atoms with Gasteiger partial charge in [0.25, 0.3) is 12.4 Å². The molecule has 2 N–H and O–H groups in total. The van der Waals surface area contributed by atoms with Crippen molar-refractivity contribution >= 4 is 11.8 Å². The van der Waals surface area contributed by atoms with Crippen molar-refractivity contribution < 1.29 is 27.4 Å². The van der Waals surface area contributed by atoms with Crippen molar-refractivity contribution in [2.45, 2.75) is 31.2 Å². The lowest BCUT2D eigenvalue weighted by Gasteiger charge is -2.29. The summed E-state index contributed by atoms with van der Waals surface area (Å²) in [4.78, 5) is 24.1. The van der Waals surface area contributed by atoms with Gasteiger partial charge in [0.05, 0.1) is 26.1 Å². The highest BCUT2D eigenvalue weighted by Crippen LogP contribution is 2.40. The van der Waals surface area contributed by atoms with Crippen LogP contribution in [0.15, 0.2) is 35.6 Å². The Balaban J connectivity index is 1.94. The number of aliphatic imine (C=N–C) groups is 1. The smallest absolute Gasteiger partial charge is 0.283 e. The number of ketones is 1. The van der Waals surface area contributed by atoms with Gasteiger partial charge in [-0.1, -0.05) is 6.07 Å². The molecule has 154 valence electrons. The maximum atomic E-state index is 14.6. The van der Waals surface area contributed by atoms with Gasteiger partial charge in [0, 0.05) is 12.0 Å². The normalized spacial score (nSPS) is 19.3. The van der Waals surface area contributed by atoms with E-state index in [2.05, 4.69) is 15.0 Å². The second-order valence-corrected chi connectivity index (χ2v) is 6.49. The average Bonchev–Trinajstić information content (AvgIpc) is 2.91. The SMILES string of the molecule is COc1cnc(C(=O)Cc2ccc(F)c([C@]3(C(F)F)CCCOC(N)=N3)c2)cn1. The van der Waals surface area contributed by atoms with Gasteiger partial charge in [0.15, 0.2) is 11.3 Å². The fraction of sp³-hybridized carbons (Fsp3) is 0.368. The number of carbonyl (C=O) groups is 1. The molecule has 0 amide bonds. The maximum absolute atomic E-state index is 14.6. The summed E-state index contributed by atoms with van der Waals surface area (Å²) in [6, 6.07) is 3.20. The zero-order valence-electron chi connectivity index (χ0n) is 15.6. The number of rotatable bonds is 6. The number of nitrogens with zero attached hydrogens (tertiary/aromatic N) is 3. The second kappa shape index (κ2) is 8.46. The number of aromatic nitrogens is 2. The summed E-state index contributed by atoms with van der Waals surface area (Å²) in [5, 5.41) is 0. The molecule has 29 heavy (non-hydrogen) atoms. The van der Waals surface area contributed by atoms with Crippen LogP contribution in [0.3, 0.4) is 0 Å². The molecule has 2 heterocycles. The molecule has 0 spiro atoms. The van der Waals surface area contributed by atoms with Crippen LogP contribution in [-0.2, 0) is 16.7 Å². The summed E-state index contributed by atoms with van der Waals surface area (Å²) in [5.41, 5.74) is 3.45. The first-order valence-electron chi connectivity index (χ1n) is 8.80. The molecule has 2 aromatic rings. The Morgan fingerprint density at radius 2 is 2.14 bits per heavy atom. The lowest BCUT2D eigenvalue weighted by atomic mass is 9.84. The lowest BCUT2D eigenvalue weighted by Crippen LogP contribution is -2.35. The largest absolute Gasteiger partial charge is 0.480 e. The maximum Gasteiger partial charge on any atom is 0.283 e. The van der Waals surface area contributed by atoms with Crippen LogP contribution in [0.2, 0.25) is 0 Å². The van der Waals surface area contributed by atoms with Crippen molar-refractivity contribution in [1.29, 1.82) is 0 Å². The highest BCUT2D eigenvalue weighted by Gasteiger charge is 2.45. The van der Waals surface area contributed by atoms with E-state index in [1.807, 2.05) is 0 Å².